The molecule has 0 saturated heterocycles. The third kappa shape index (κ3) is 3.17. The zero-order chi connectivity index (χ0) is 12.0. The molecule has 0 radical (unpaired) electrons. The third-order valence-corrected chi connectivity index (χ3v) is 2.65. The molecular formula is C8H14N4O3S. The molecule has 1 N–H and O–H groups in total. The minimum absolute atomic E-state index is 0.204. The molecule has 1 unspecified atom stereocenters. The van der Waals surface area contributed by atoms with Gasteiger partial charge in [0.15, 0.2) is 11.9 Å². The third-order valence-electron chi connectivity index (χ3n) is 2.01. The lowest BCUT2D eigenvalue weighted by Gasteiger charge is -2.12. The van der Waals surface area contributed by atoms with Crippen LogP contribution in [0.5, 0.6) is 0 Å². The molecule has 1 aromatic rings. The summed E-state index contributed by atoms with van der Waals surface area (Å²) in [5, 5.41) is 20.0. The molecule has 1 rings (SSSR count). The molecule has 1 aromatic heterocycles. The SMILES string of the molecule is COCc1nnnn1C(CCSC)C(=O)O. The van der Waals surface area contributed by atoms with Crippen molar-refractivity contribution < 1.29 is 14.6 Å². The first-order valence-corrected chi connectivity index (χ1v) is 6.07. The van der Waals surface area contributed by atoms with Crippen molar-refractivity contribution in [2.75, 3.05) is 19.1 Å². The number of thioether (sulfide) groups is 1. The lowest BCUT2D eigenvalue weighted by atomic mass is 10.2. The van der Waals surface area contributed by atoms with Crippen molar-refractivity contribution in [1.29, 1.82) is 0 Å². The normalized spacial score (nSPS) is 12.6. The summed E-state index contributed by atoms with van der Waals surface area (Å²) in [5.74, 6) is 0.234. The van der Waals surface area contributed by atoms with E-state index in [0.717, 1.165) is 5.75 Å². The average Bonchev–Trinajstić information content (AvgIpc) is 2.67. The van der Waals surface area contributed by atoms with E-state index >= 15 is 0 Å². The first-order chi connectivity index (χ1) is 7.70. The minimum atomic E-state index is -0.932. The van der Waals surface area contributed by atoms with Crippen LogP contribution in [0.3, 0.4) is 0 Å². The van der Waals surface area contributed by atoms with E-state index < -0.39 is 12.0 Å². The molecule has 1 heterocycles. The monoisotopic (exact) mass is 246 g/mol. The Kier molecular flexibility index (Phi) is 5.20. The van der Waals surface area contributed by atoms with Gasteiger partial charge in [-0.15, -0.1) is 5.10 Å². The van der Waals surface area contributed by atoms with Gasteiger partial charge in [0.25, 0.3) is 0 Å². The Morgan fingerprint density at radius 1 is 1.69 bits per heavy atom. The van der Waals surface area contributed by atoms with Crippen LogP contribution in [0.25, 0.3) is 0 Å². The van der Waals surface area contributed by atoms with Gasteiger partial charge in [-0.2, -0.15) is 11.8 Å². The molecule has 0 fully saturated rings. The first-order valence-electron chi connectivity index (χ1n) is 4.68. The van der Waals surface area contributed by atoms with Crippen molar-refractivity contribution in [1.82, 2.24) is 20.2 Å². The fourth-order valence-corrected chi connectivity index (χ4v) is 1.72. The molecule has 7 nitrogen and oxygen atoms in total. The molecule has 0 saturated carbocycles. The Hall–Kier alpha value is -1.15. The van der Waals surface area contributed by atoms with Gasteiger partial charge in [0.05, 0.1) is 0 Å². The second-order valence-electron chi connectivity index (χ2n) is 3.11. The van der Waals surface area contributed by atoms with Crippen molar-refractivity contribution in [2.24, 2.45) is 0 Å². The number of tetrazole rings is 1. The van der Waals surface area contributed by atoms with Gasteiger partial charge in [-0.25, -0.2) is 9.48 Å². The maximum atomic E-state index is 11.1. The van der Waals surface area contributed by atoms with Crippen LogP contribution in [0.2, 0.25) is 0 Å². The van der Waals surface area contributed by atoms with Crippen LogP contribution >= 0.6 is 11.8 Å². The molecular weight excluding hydrogens is 232 g/mol. The van der Waals surface area contributed by atoms with Gasteiger partial charge in [0, 0.05) is 7.11 Å². The lowest BCUT2D eigenvalue weighted by Crippen LogP contribution is -2.23. The lowest BCUT2D eigenvalue weighted by molar-refractivity contribution is -0.141. The van der Waals surface area contributed by atoms with Gasteiger partial charge in [0.2, 0.25) is 0 Å². The van der Waals surface area contributed by atoms with Crippen molar-refractivity contribution in [2.45, 2.75) is 19.1 Å². The van der Waals surface area contributed by atoms with Crippen LogP contribution in [-0.2, 0) is 16.1 Å². The number of nitrogens with zero attached hydrogens (tertiary/aromatic N) is 4. The zero-order valence-electron chi connectivity index (χ0n) is 9.16. The number of carbonyl (C=O) groups is 1. The van der Waals surface area contributed by atoms with Gasteiger partial charge >= 0.3 is 5.97 Å². The summed E-state index contributed by atoms with van der Waals surface area (Å²) in [6, 6.07) is -0.729. The maximum absolute atomic E-state index is 11.1. The summed E-state index contributed by atoms with van der Waals surface area (Å²) in [6.45, 7) is 0.204. The minimum Gasteiger partial charge on any atom is -0.480 e. The molecule has 0 aliphatic heterocycles. The first kappa shape index (κ1) is 12.9. The molecule has 1 atom stereocenters. The Labute approximate surface area is 97.2 Å². The van der Waals surface area contributed by atoms with Gasteiger partial charge in [-0.3, -0.25) is 0 Å². The molecule has 0 spiro atoms. The van der Waals surface area contributed by atoms with Gasteiger partial charge in [-0.05, 0) is 28.9 Å². The molecule has 0 bridgehead atoms. The number of aromatic nitrogens is 4. The molecule has 16 heavy (non-hydrogen) atoms. The Balaban J connectivity index is 2.83. The van der Waals surface area contributed by atoms with Gasteiger partial charge < -0.3 is 9.84 Å². The van der Waals surface area contributed by atoms with E-state index in [1.165, 1.54) is 11.8 Å². The smallest absolute Gasteiger partial charge is 0.328 e. The predicted molar refractivity (Wildman–Crippen MR) is 58.2 cm³/mol. The summed E-state index contributed by atoms with van der Waals surface area (Å²) in [7, 11) is 1.51. The van der Waals surface area contributed by atoms with Crippen LogP contribution in [0.1, 0.15) is 18.3 Å². The molecule has 0 aromatic carbocycles. The quantitative estimate of drug-likeness (QED) is 0.734. The van der Waals surface area contributed by atoms with Gasteiger partial charge in [0.1, 0.15) is 6.61 Å². The largest absolute Gasteiger partial charge is 0.480 e. The van der Waals surface area contributed by atoms with E-state index in [-0.39, 0.29) is 6.61 Å². The van der Waals surface area contributed by atoms with Gasteiger partial charge in [-0.1, -0.05) is 0 Å². The Morgan fingerprint density at radius 3 is 3.00 bits per heavy atom. The van der Waals surface area contributed by atoms with Crippen LogP contribution in [0.15, 0.2) is 0 Å². The predicted octanol–water partition coefficient (Wildman–Crippen LogP) is 0.198. The molecule has 90 valence electrons. The summed E-state index contributed by atoms with van der Waals surface area (Å²) in [6.07, 6.45) is 2.41. The number of hydrogen-bond donors (Lipinski definition) is 1. The number of aliphatic carboxylic acids is 1. The number of rotatable bonds is 7. The second-order valence-corrected chi connectivity index (χ2v) is 4.09. The van der Waals surface area contributed by atoms with E-state index in [4.69, 9.17) is 9.84 Å². The van der Waals surface area contributed by atoms with E-state index in [9.17, 15) is 4.79 Å². The highest BCUT2D eigenvalue weighted by molar-refractivity contribution is 7.98. The maximum Gasteiger partial charge on any atom is 0.328 e. The Bertz CT molecular complexity index is 344. The number of carboxylic acids is 1. The van der Waals surface area contributed by atoms with Crippen LogP contribution < -0.4 is 0 Å². The molecule has 0 amide bonds. The highest BCUT2D eigenvalue weighted by atomic mass is 32.2. The fourth-order valence-electron chi connectivity index (χ4n) is 1.26. The van der Waals surface area contributed by atoms with Crippen molar-refractivity contribution in [3.63, 3.8) is 0 Å². The van der Waals surface area contributed by atoms with Crippen LogP contribution in [0, 0.1) is 0 Å². The highest BCUT2D eigenvalue weighted by Gasteiger charge is 2.23. The number of hydrogen-bond acceptors (Lipinski definition) is 6. The standard InChI is InChI=1S/C8H14N4O3S/c1-15-5-7-9-10-11-12(7)6(8(13)14)3-4-16-2/h6H,3-5H2,1-2H3,(H,13,14). The van der Waals surface area contributed by atoms with Crippen molar-refractivity contribution >= 4 is 17.7 Å². The van der Waals surface area contributed by atoms with Crippen LogP contribution in [-0.4, -0.2) is 50.4 Å². The fraction of sp³-hybridized carbons (Fsp3) is 0.750. The van der Waals surface area contributed by atoms with Crippen molar-refractivity contribution in [3.05, 3.63) is 5.82 Å². The summed E-state index contributed by atoms with van der Waals surface area (Å²) < 4.78 is 6.21. The zero-order valence-corrected chi connectivity index (χ0v) is 9.98. The second kappa shape index (κ2) is 6.44. The average molecular weight is 246 g/mol. The molecule has 0 aliphatic rings. The number of methoxy groups -OCH3 is 1. The molecule has 8 heteroatoms. The van der Waals surface area contributed by atoms with Crippen molar-refractivity contribution in [3.8, 4) is 0 Å². The van der Waals surface area contributed by atoms with E-state index in [2.05, 4.69) is 15.5 Å². The van der Waals surface area contributed by atoms with Crippen LogP contribution in [0.4, 0.5) is 0 Å². The van der Waals surface area contributed by atoms with E-state index in [1.807, 2.05) is 6.26 Å². The highest BCUT2D eigenvalue weighted by Crippen LogP contribution is 2.15. The topological polar surface area (TPSA) is 90.1 Å². The summed E-state index contributed by atoms with van der Waals surface area (Å²) in [4.78, 5) is 11.1. The summed E-state index contributed by atoms with van der Waals surface area (Å²) >= 11 is 1.59. The number of carboxylic acid groups (broad SMARTS) is 1. The van der Waals surface area contributed by atoms with E-state index in [0.29, 0.717) is 12.2 Å². The number of ether oxygens (including phenoxy) is 1. The molecule has 0 aliphatic carbocycles. The Morgan fingerprint density at radius 2 is 2.44 bits per heavy atom. The summed E-state index contributed by atoms with van der Waals surface area (Å²) in [5.41, 5.74) is 0. The van der Waals surface area contributed by atoms with E-state index in [1.54, 1.807) is 11.8 Å².